The van der Waals surface area contributed by atoms with Gasteiger partial charge in [0.2, 0.25) is 0 Å². The molecule has 0 saturated carbocycles. The van der Waals surface area contributed by atoms with Crippen molar-refractivity contribution in [3.8, 4) is 0 Å². The normalized spacial score (nSPS) is 12.3. The molecule has 1 aromatic carbocycles. The molecule has 0 amide bonds. The molecule has 0 bridgehead atoms. The van der Waals surface area contributed by atoms with E-state index >= 15 is 0 Å². The average Bonchev–Trinajstić information content (AvgIpc) is 2.62. The Morgan fingerprint density at radius 2 is 1.94 bits per heavy atom. The largest absolute Gasteiger partial charge is 0.416 e. The molecule has 4 heteroatoms. The van der Waals surface area contributed by atoms with Gasteiger partial charge in [0.25, 0.3) is 0 Å². The van der Waals surface area contributed by atoms with Crippen LogP contribution in [0.15, 0.2) is 18.2 Å². The summed E-state index contributed by atoms with van der Waals surface area (Å²) in [6.07, 6.45) is -1.28. The second-order valence-corrected chi connectivity index (χ2v) is 4.59. The number of H-pyrrole nitrogens is 1. The highest BCUT2D eigenvalue weighted by molar-refractivity contribution is 5.85. The van der Waals surface area contributed by atoms with Gasteiger partial charge in [-0.25, -0.2) is 0 Å². The summed E-state index contributed by atoms with van der Waals surface area (Å²) in [7, 11) is 0. The number of fused-ring (bicyclic) bond motifs is 1. The van der Waals surface area contributed by atoms with Gasteiger partial charge in [0.1, 0.15) is 0 Å². The molecular formula is C14H16F3N. The van der Waals surface area contributed by atoms with Crippen molar-refractivity contribution in [1.29, 1.82) is 0 Å². The summed E-state index contributed by atoms with van der Waals surface area (Å²) < 4.78 is 37.9. The van der Waals surface area contributed by atoms with E-state index < -0.39 is 11.7 Å². The summed E-state index contributed by atoms with van der Waals surface area (Å²) in [5.41, 5.74) is 2.18. The zero-order chi connectivity index (χ0) is 13.3. The number of nitrogens with one attached hydrogen (secondary N) is 1. The third-order valence-corrected chi connectivity index (χ3v) is 3.27. The Kier molecular flexibility index (Phi) is 3.37. The lowest BCUT2D eigenvalue weighted by Gasteiger charge is -2.06. The van der Waals surface area contributed by atoms with E-state index in [1.807, 2.05) is 6.92 Å². The van der Waals surface area contributed by atoms with E-state index in [0.717, 1.165) is 42.1 Å². The second kappa shape index (κ2) is 4.67. The minimum absolute atomic E-state index is 0.584. The summed E-state index contributed by atoms with van der Waals surface area (Å²) in [6, 6.07) is 3.87. The molecule has 18 heavy (non-hydrogen) atoms. The van der Waals surface area contributed by atoms with Gasteiger partial charge in [-0.15, -0.1) is 0 Å². The van der Waals surface area contributed by atoms with Gasteiger partial charge in [0.05, 0.1) is 5.56 Å². The number of hydrogen-bond donors (Lipinski definition) is 1. The van der Waals surface area contributed by atoms with Gasteiger partial charge in [-0.2, -0.15) is 13.2 Å². The van der Waals surface area contributed by atoms with Crippen molar-refractivity contribution in [1.82, 2.24) is 4.98 Å². The van der Waals surface area contributed by atoms with Gasteiger partial charge in [-0.05, 0) is 43.5 Å². The van der Waals surface area contributed by atoms with Crippen molar-refractivity contribution in [3.63, 3.8) is 0 Å². The molecule has 1 aromatic heterocycles. The SMILES string of the molecule is CCCCc1[nH]c2ccc(C(F)(F)F)cc2c1C. The maximum absolute atomic E-state index is 12.6. The molecule has 0 aliphatic rings. The van der Waals surface area contributed by atoms with E-state index in [4.69, 9.17) is 0 Å². The highest BCUT2D eigenvalue weighted by atomic mass is 19.4. The van der Waals surface area contributed by atoms with Crippen molar-refractivity contribution in [3.05, 3.63) is 35.0 Å². The van der Waals surface area contributed by atoms with Gasteiger partial charge in [0.15, 0.2) is 0 Å². The van der Waals surface area contributed by atoms with Crippen LogP contribution < -0.4 is 0 Å². The Morgan fingerprint density at radius 3 is 2.56 bits per heavy atom. The summed E-state index contributed by atoms with van der Waals surface area (Å²) in [6.45, 7) is 3.98. The lowest BCUT2D eigenvalue weighted by atomic mass is 10.1. The summed E-state index contributed by atoms with van der Waals surface area (Å²) in [5, 5.41) is 0.677. The quantitative estimate of drug-likeness (QED) is 0.807. The molecule has 1 N–H and O–H groups in total. The third-order valence-electron chi connectivity index (χ3n) is 3.27. The maximum atomic E-state index is 12.6. The van der Waals surface area contributed by atoms with Crippen LogP contribution in [-0.2, 0) is 12.6 Å². The molecule has 0 aliphatic heterocycles. The van der Waals surface area contributed by atoms with Crippen LogP contribution in [0.5, 0.6) is 0 Å². The van der Waals surface area contributed by atoms with Gasteiger partial charge >= 0.3 is 6.18 Å². The first-order chi connectivity index (χ1) is 8.43. The monoisotopic (exact) mass is 255 g/mol. The molecule has 0 atom stereocenters. The lowest BCUT2D eigenvalue weighted by Crippen LogP contribution is -2.04. The number of hydrogen-bond acceptors (Lipinski definition) is 0. The summed E-state index contributed by atoms with van der Waals surface area (Å²) in [4.78, 5) is 3.21. The minimum atomic E-state index is -4.28. The smallest absolute Gasteiger partial charge is 0.358 e. The number of alkyl halides is 3. The van der Waals surface area contributed by atoms with Crippen LogP contribution in [-0.4, -0.2) is 4.98 Å². The topological polar surface area (TPSA) is 15.8 Å². The van der Waals surface area contributed by atoms with Gasteiger partial charge in [0, 0.05) is 16.6 Å². The molecular weight excluding hydrogens is 239 g/mol. The van der Waals surface area contributed by atoms with Crippen molar-refractivity contribution in [2.75, 3.05) is 0 Å². The number of halogens is 3. The fourth-order valence-electron chi connectivity index (χ4n) is 2.16. The maximum Gasteiger partial charge on any atom is 0.416 e. The Morgan fingerprint density at radius 1 is 1.22 bits per heavy atom. The van der Waals surface area contributed by atoms with Crippen LogP contribution in [0.1, 0.15) is 36.6 Å². The van der Waals surface area contributed by atoms with E-state index in [1.165, 1.54) is 12.1 Å². The fraction of sp³-hybridized carbons (Fsp3) is 0.429. The van der Waals surface area contributed by atoms with E-state index in [-0.39, 0.29) is 0 Å². The van der Waals surface area contributed by atoms with Gasteiger partial charge in [-0.1, -0.05) is 13.3 Å². The summed E-state index contributed by atoms with van der Waals surface area (Å²) in [5.74, 6) is 0. The molecule has 0 unspecified atom stereocenters. The average molecular weight is 255 g/mol. The van der Waals surface area contributed by atoms with Crippen LogP contribution in [0.4, 0.5) is 13.2 Å². The fourth-order valence-corrected chi connectivity index (χ4v) is 2.16. The highest BCUT2D eigenvalue weighted by Crippen LogP contribution is 2.33. The predicted octanol–water partition coefficient (Wildman–Crippen LogP) is 4.84. The number of aromatic amines is 1. The van der Waals surface area contributed by atoms with Crippen molar-refractivity contribution in [2.24, 2.45) is 0 Å². The standard InChI is InChI=1S/C14H16F3N/c1-3-4-5-12-9(2)11-8-10(14(15,16)17)6-7-13(11)18-12/h6-8,18H,3-5H2,1-2H3. The number of benzene rings is 1. The number of aromatic nitrogens is 1. The first-order valence-corrected chi connectivity index (χ1v) is 6.12. The molecule has 0 fully saturated rings. The predicted molar refractivity (Wildman–Crippen MR) is 66.6 cm³/mol. The van der Waals surface area contributed by atoms with Gasteiger partial charge < -0.3 is 4.98 Å². The van der Waals surface area contributed by atoms with Crippen molar-refractivity contribution >= 4 is 10.9 Å². The van der Waals surface area contributed by atoms with E-state index in [1.54, 1.807) is 0 Å². The van der Waals surface area contributed by atoms with Crippen LogP contribution in [0.25, 0.3) is 10.9 Å². The summed E-state index contributed by atoms with van der Waals surface area (Å²) >= 11 is 0. The molecule has 2 rings (SSSR count). The van der Waals surface area contributed by atoms with Crippen LogP contribution in [0, 0.1) is 6.92 Å². The van der Waals surface area contributed by atoms with Gasteiger partial charge in [-0.3, -0.25) is 0 Å². The molecule has 98 valence electrons. The number of rotatable bonds is 3. The Balaban J connectivity index is 2.47. The highest BCUT2D eigenvalue weighted by Gasteiger charge is 2.30. The van der Waals surface area contributed by atoms with E-state index in [9.17, 15) is 13.2 Å². The van der Waals surface area contributed by atoms with Crippen LogP contribution in [0.2, 0.25) is 0 Å². The molecule has 2 aromatic rings. The third kappa shape index (κ3) is 2.37. The Hall–Kier alpha value is -1.45. The first kappa shape index (κ1) is 13.0. The molecule has 1 nitrogen and oxygen atoms in total. The van der Waals surface area contributed by atoms with E-state index in [2.05, 4.69) is 11.9 Å². The van der Waals surface area contributed by atoms with Crippen LogP contribution >= 0.6 is 0 Å². The molecule has 0 saturated heterocycles. The zero-order valence-corrected chi connectivity index (χ0v) is 10.5. The number of unbranched alkanes of at least 4 members (excludes halogenated alkanes) is 1. The molecule has 0 radical (unpaired) electrons. The molecule has 1 heterocycles. The Labute approximate surface area is 104 Å². The Bertz CT molecular complexity index is 552. The lowest BCUT2D eigenvalue weighted by molar-refractivity contribution is -0.137. The minimum Gasteiger partial charge on any atom is -0.358 e. The molecule has 0 spiro atoms. The van der Waals surface area contributed by atoms with Crippen molar-refractivity contribution < 1.29 is 13.2 Å². The molecule has 0 aliphatic carbocycles. The van der Waals surface area contributed by atoms with Crippen molar-refractivity contribution in [2.45, 2.75) is 39.3 Å². The number of aryl methyl sites for hydroxylation is 2. The van der Waals surface area contributed by atoms with Crippen LogP contribution in [0.3, 0.4) is 0 Å². The second-order valence-electron chi connectivity index (χ2n) is 4.59. The first-order valence-electron chi connectivity index (χ1n) is 6.12. The van der Waals surface area contributed by atoms with E-state index in [0.29, 0.717) is 5.39 Å². The zero-order valence-electron chi connectivity index (χ0n) is 10.5.